The number of halogens is 2. The Bertz CT molecular complexity index is 3720. The summed E-state index contributed by atoms with van der Waals surface area (Å²) in [7, 11) is 0. The van der Waals surface area contributed by atoms with Crippen LogP contribution < -0.4 is 14.5 Å². The molecular formula is C60H43F2N4O2Pt-3. The van der Waals surface area contributed by atoms with Crippen LogP contribution in [0, 0.1) is 30.4 Å². The van der Waals surface area contributed by atoms with Crippen LogP contribution >= 0.6 is 0 Å². The molecule has 0 N–H and O–H groups in total. The molecule has 0 spiro atoms. The first-order valence-corrected chi connectivity index (χ1v) is 22.9. The van der Waals surface area contributed by atoms with Crippen LogP contribution in [0.5, 0.6) is 11.5 Å². The van der Waals surface area contributed by atoms with Gasteiger partial charge in [-0.25, -0.2) is 13.8 Å². The van der Waals surface area contributed by atoms with Gasteiger partial charge in [0.1, 0.15) is 28.6 Å². The number of aromatic nitrogens is 2. The van der Waals surface area contributed by atoms with E-state index < -0.39 is 11.6 Å². The molecule has 0 amide bonds. The van der Waals surface area contributed by atoms with Crippen LogP contribution in [0.1, 0.15) is 50.7 Å². The molecule has 9 heteroatoms. The Balaban J connectivity index is 0.00000520. The largest absolute Gasteiger partial charge is 0.509 e. The van der Waals surface area contributed by atoms with Gasteiger partial charge in [0.15, 0.2) is 0 Å². The number of ether oxygens (including phenoxy) is 1. The van der Waals surface area contributed by atoms with Gasteiger partial charge in [-0.1, -0.05) is 106 Å². The van der Waals surface area contributed by atoms with Crippen molar-refractivity contribution in [3.8, 4) is 39.6 Å². The third kappa shape index (κ3) is 7.64. The summed E-state index contributed by atoms with van der Waals surface area (Å²) in [5.41, 5.74) is 12.3. The predicted molar refractivity (Wildman–Crippen MR) is 270 cm³/mol. The number of anilines is 4. The molecule has 0 saturated carbocycles. The zero-order chi connectivity index (χ0) is 46.2. The van der Waals surface area contributed by atoms with Crippen LogP contribution in [0.3, 0.4) is 0 Å². The van der Waals surface area contributed by atoms with Gasteiger partial charge in [0.05, 0.1) is 0 Å². The monoisotopic (exact) mass is 1080 g/mol. The molecule has 0 saturated heterocycles. The summed E-state index contributed by atoms with van der Waals surface area (Å²) >= 11 is 0. The smallest absolute Gasteiger partial charge is 0.141 e. The molecular weight excluding hydrogens is 1040 g/mol. The van der Waals surface area contributed by atoms with E-state index in [1.54, 1.807) is 6.20 Å². The van der Waals surface area contributed by atoms with E-state index in [1.165, 1.54) is 12.1 Å². The van der Waals surface area contributed by atoms with Crippen LogP contribution in [-0.4, -0.2) is 9.55 Å². The Hall–Kier alpha value is -7.54. The molecule has 0 fully saturated rings. The molecule has 4 heterocycles. The average molecular weight is 1090 g/mol. The Morgan fingerprint density at radius 3 is 1.99 bits per heavy atom. The maximum atomic E-state index is 14.6. The van der Waals surface area contributed by atoms with Crippen molar-refractivity contribution in [1.29, 1.82) is 0 Å². The standard InChI is InChI=1S/C60H43F2N4O2.Pt/c1-36(2)51-30-39(38-26-41(61)32-42(62)27-38)31-52(37(3)4)59(51)65-35-64(54-19-8-9-20-55(54)65)43-28-40(46-16-13-17-50-49-15-6-10-21-57(49)68-60(46)50)29-45(33-43)67-44-23-24-48-47-14-5-7-18-53(47)66(56(48)34-44)58-22-11-12-25-63-58;/h5-32,35-37H,1-4H3;/q-3;. The number of nitrogens with zero attached hydrogens (tertiary/aromatic N) is 4. The number of pyridine rings is 1. The molecule has 11 aromatic rings. The molecule has 12 rings (SSSR count). The predicted octanol–water partition coefficient (Wildman–Crippen LogP) is 16.7. The summed E-state index contributed by atoms with van der Waals surface area (Å²) in [6, 6.07) is 60.2. The van der Waals surface area contributed by atoms with Crippen LogP contribution in [0.15, 0.2) is 174 Å². The molecule has 0 aliphatic carbocycles. The van der Waals surface area contributed by atoms with Gasteiger partial charge in [-0.05, 0) is 100 Å². The first-order valence-electron chi connectivity index (χ1n) is 22.9. The first kappa shape index (κ1) is 44.0. The van der Waals surface area contributed by atoms with E-state index in [0.717, 1.165) is 106 Å². The number of para-hydroxylation sites is 5. The van der Waals surface area contributed by atoms with Gasteiger partial charge in [-0.2, -0.15) is 6.07 Å². The van der Waals surface area contributed by atoms with Crippen LogP contribution in [-0.2, 0) is 21.1 Å². The normalized spacial score (nSPS) is 12.5. The maximum absolute atomic E-state index is 14.6. The zero-order valence-electron chi connectivity index (χ0n) is 38.1. The molecule has 69 heavy (non-hydrogen) atoms. The SMILES string of the molecule is CC(C)c1cc(-c2cc(F)cc(F)c2)cc(C(C)C)c1N1[CH-]N(c2[c-]c(Oc3[c-]c4c(cc3)c3ccccc3n4-c3ccccn3)cc(-c3cccc4c3oc3ccccc34)c2)c2ccccc21.[Pt]. The fourth-order valence-electron chi connectivity index (χ4n) is 9.83. The van der Waals surface area contributed by atoms with Gasteiger partial charge < -0.3 is 23.5 Å². The quantitative estimate of drug-likeness (QED) is 0.135. The second-order valence-corrected chi connectivity index (χ2v) is 17.9. The summed E-state index contributed by atoms with van der Waals surface area (Å²) in [6.45, 7) is 10.7. The first-order chi connectivity index (χ1) is 33.2. The second-order valence-electron chi connectivity index (χ2n) is 17.9. The number of hydrogen-bond donors (Lipinski definition) is 0. The van der Waals surface area contributed by atoms with Crippen LogP contribution in [0.4, 0.5) is 31.5 Å². The Morgan fingerprint density at radius 1 is 0.580 bits per heavy atom. The summed E-state index contributed by atoms with van der Waals surface area (Å²) in [6.07, 6.45) is 1.80. The minimum atomic E-state index is -0.608. The Labute approximate surface area is 413 Å². The van der Waals surface area contributed by atoms with Gasteiger partial charge in [-0.3, -0.25) is 0 Å². The fourth-order valence-corrected chi connectivity index (χ4v) is 9.83. The molecule has 6 nitrogen and oxygen atoms in total. The van der Waals surface area contributed by atoms with Gasteiger partial charge in [0.25, 0.3) is 0 Å². The molecule has 1 aliphatic heterocycles. The topological polar surface area (TPSA) is 46.7 Å². The minimum Gasteiger partial charge on any atom is -0.509 e. The molecule has 0 atom stereocenters. The number of hydrogen-bond acceptors (Lipinski definition) is 5. The Morgan fingerprint density at radius 2 is 1.25 bits per heavy atom. The number of furan rings is 1. The molecule has 342 valence electrons. The van der Waals surface area contributed by atoms with Crippen molar-refractivity contribution in [2.75, 3.05) is 9.80 Å². The van der Waals surface area contributed by atoms with Crippen LogP contribution in [0.25, 0.3) is 71.8 Å². The molecule has 1 aliphatic rings. The molecule has 0 unspecified atom stereocenters. The number of fused-ring (bicyclic) bond motifs is 7. The molecule has 3 aromatic heterocycles. The minimum absolute atomic E-state index is 0. The van der Waals surface area contributed by atoms with E-state index in [0.29, 0.717) is 17.1 Å². The number of benzene rings is 8. The maximum Gasteiger partial charge on any atom is 0.141 e. The van der Waals surface area contributed by atoms with E-state index in [9.17, 15) is 8.78 Å². The third-order valence-corrected chi connectivity index (χ3v) is 12.9. The van der Waals surface area contributed by atoms with Crippen molar-refractivity contribution in [2.24, 2.45) is 0 Å². The zero-order valence-corrected chi connectivity index (χ0v) is 40.3. The fraction of sp³-hybridized carbons (Fsp3) is 0.100. The molecule has 0 radical (unpaired) electrons. The average Bonchev–Trinajstić information content (AvgIpc) is 4.03. The van der Waals surface area contributed by atoms with E-state index in [-0.39, 0.29) is 32.9 Å². The van der Waals surface area contributed by atoms with Gasteiger partial charge in [0.2, 0.25) is 0 Å². The van der Waals surface area contributed by atoms with Gasteiger partial charge in [-0.15, -0.1) is 53.6 Å². The van der Waals surface area contributed by atoms with Gasteiger partial charge >= 0.3 is 0 Å². The van der Waals surface area contributed by atoms with Crippen molar-refractivity contribution < 1.29 is 39.0 Å². The Kier molecular flexibility index (Phi) is 11.2. The summed E-state index contributed by atoms with van der Waals surface area (Å²) < 4.78 is 44.9. The summed E-state index contributed by atoms with van der Waals surface area (Å²) in [5.74, 6) is 0.718. The van der Waals surface area contributed by atoms with Gasteiger partial charge in [0, 0.05) is 83.7 Å². The molecule has 8 aromatic carbocycles. The summed E-state index contributed by atoms with van der Waals surface area (Å²) in [4.78, 5) is 9.12. The van der Waals surface area contributed by atoms with E-state index in [4.69, 9.17) is 14.1 Å². The summed E-state index contributed by atoms with van der Waals surface area (Å²) in [5, 5.41) is 4.20. The van der Waals surface area contributed by atoms with Crippen LogP contribution in [0.2, 0.25) is 0 Å². The molecule has 0 bridgehead atoms. The van der Waals surface area contributed by atoms with Crippen molar-refractivity contribution in [3.63, 3.8) is 0 Å². The third-order valence-electron chi connectivity index (χ3n) is 12.9. The number of rotatable bonds is 9. The second kappa shape index (κ2) is 17.5. The van der Waals surface area contributed by atoms with Crippen molar-refractivity contribution in [1.82, 2.24) is 9.55 Å². The van der Waals surface area contributed by atoms with E-state index >= 15 is 0 Å². The van der Waals surface area contributed by atoms with Crippen molar-refractivity contribution in [3.05, 3.63) is 212 Å². The van der Waals surface area contributed by atoms with Crippen molar-refractivity contribution >= 4 is 66.5 Å². The van der Waals surface area contributed by atoms with E-state index in [2.05, 4.69) is 134 Å². The van der Waals surface area contributed by atoms with Crippen molar-refractivity contribution in [2.45, 2.75) is 39.5 Å². The van der Waals surface area contributed by atoms with E-state index in [1.807, 2.05) is 72.8 Å².